The van der Waals surface area contributed by atoms with Crippen LogP contribution in [0.5, 0.6) is 0 Å². The molecule has 2 N–H and O–H groups in total. The van der Waals surface area contributed by atoms with Gasteiger partial charge in [0.25, 0.3) is 11.8 Å². The molecule has 2 aliphatic heterocycles. The molecule has 0 bridgehead atoms. The molecule has 1 aromatic rings. The van der Waals surface area contributed by atoms with E-state index in [-0.39, 0.29) is 36.0 Å². The van der Waals surface area contributed by atoms with Crippen LogP contribution in [0.25, 0.3) is 0 Å². The first-order valence-electron chi connectivity index (χ1n) is 12.8. The van der Waals surface area contributed by atoms with Crippen LogP contribution in [-0.4, -0.2) is 89.8 Å². The number of hydrogen-bond donors (Lipinski definition) is 2. The van der Waals surface area contributed by atoms with Crippen LogP contribution < -0.4 is 10.2 Å². The third-order valence-electron chi connectivity index (χ3n) is 6.92. The van der Waals surface area contributed by atoms with Crippen molar-refractivity contribution in [3.05, 3.63) is 29.8 Å². The van der Waals surface area contributed by atoms with Crippen LogP contribution in [0, 0.1) is 11.8 Å². The van der Waals surface area contributed by atoms with Crippen molar-refractivity contribution in [2.75, 3.05) is 32.1 Å². The van der Waals surface area contributed by atoms with Gasteiger partial charge in [-0.1, -0.05) is 27.7 Å². The first kappa shape index (κ1) is 27.6. The van der Waals surface area contributed by atoms with E-state index >= 15 is 0 Å². The average Bonchev–Trinajstić information content (AvgIpc) is 3.38. The van der Waals surface area contributed by atoms with Gasteiger partial charge in [0.15, 0.2) is 5.78 Å². The highest BCUT2D eigenvalue weighted by Crippen LogP contribution is 2.31. The number of aliphatic hydroxyl groups is 1. The summed E-state index contributed by atoms with van der Waals surface area (Å²) in [4.78, 5) is 57.3. The highest BCUT2D eigenvalue weighted by atomic mass is 16.3. The summed E-state index contributed by atoms with van der Waals surface area (Å²) in [6, 6.07) is 5.17. The SMILES string of the molecule is CC(C)CC(NC(=O)c1ccc(N(C)C)cc1)C(=O)N1CC[C@@H]2[C@H]1C(=O)CN2C(=O)[C@@H](O)CC(C)C. The van der Waals surface area contributed by atoms with E-state index < -0.39 is 30.1 Å². The summed E-state index contributed by atoms with van der Waals surface area (Å²) in [5.41, 5.74) is 1.41. The Hall–Kier alpha value is -2.94. The van der Waals surface area contributed by atoms with E-state index in [4.69, 9.17) is 0 Å². The van der Waals surface area contributed by atoms with Crippen molar-refractivity contribution >= 4 is 29.2 Å². The number of ketones is 1. The summed E-state index contributed by atoms with van der Waals surface area (Å²) >= 11 is 0. The highest BCUT2D eigenvalue weighted by molar-refractivity contribution is 6.01. The molecule has 0 radical (unpaired) electrons. The van der Waals surface area contributed by atoms with Gasteiger partial charge in [0, 0.05) is 31.9 Å². The monoisotopic (exact) mass is 500 g/mol. The van der Waals surface area contributed by atoms with Crippen LogP contribution in [0.4, 0.5) is 5.69 Å². The molecule has 2 aliphatic rings. The summed E-state index contributed by atoms with van der Waals surface area (Å²) in [6.45, 7) is 8.01. The number of nitrogens with zero attached hydrogens (tertiary/aromatic N) is 3. The summed E-state index contributed by atoms with van der Waals surface area (Å²) < 4.78 is 0. The maximum Gasteiger partial charge on any atom is 0.252 e. The van der Waals surface area contributed by atoms with E-state index in [1.807, 2.05) is 58.8 Å². The van der Waals surface area contributed by atoms with Gasteiger partial charge in [0.05, 0.1) is 12.6 Å². The van der Waals surface area contributed by atoms with E-state index in [2.05, 4.69) is 5.32 Å². The molecule has 1 unspecified atom stereocenters. The number of amides is 3. The van der Waals surface area contributed by atoms with Gasteiger partial charge in [0.2, 0.25) is 5.91 Å². The fraction of sp³-hybridized carbons (Fsp3) is 0.630. The molecule has 2 fully saturated rings. The summed E-state index contributed by atoms with van der Waals surface area (Å²) in [5.74, 6) is -1.03. The topological polar surface area (TPSA) is 110 Å². The van der Waals surface area contributed by atoms with E-state index in [0.29, 0.717) is 31.4 Å². The molecule has 2 saturated heterocycles. The van der Waals surface area contributed by atoms with Crippen molar-refractivity contribution in [1.29, 1.82) is 0 Å². The minimum absolute atomic E-state index is 0.105. The summed E-state index contributed by atoms with van der Waals surface area (Å²) in [7, 11) is 3.83. The lowest BCUT2D eigenvalue weighted by molar-refractivity contribution is -0.142. The second kappa shape index (κ2) is 11.4. The zero-order valence-electron chi connectivity index (χ0n) is 22.2. The quantitative estimate of drug-likeness (QED) is 0.534. The van der Waals surface area contributed by atoms with Crippen molar-refractivity contribution in [2.45, 2.75) is 71.2 Å². The van der Waals surface area contributed by atoms with Gasteiger partial charge < -0.3 is 25.1 Å². The molecular formula is C27H40N4O5. The second-order valence-corrected chi connectivity index (χ2v) is 11.0. The molecule has 1 aromatic carbocycles. The molecule has 198 valence electrons. The Morgan fingerprint density at radius 3 is 2.17 bits per heavy atom. The lowest BCUT2D eigenvalue weighted by Gasteiger charge is -2.29. The Morgan fingerprint density at radius 1 is 1.00 bits per heavy atom. The Balaban J connectivity index is 1.74. The van der Waals surface area contributed by atoms with Crippen LogP contribution in [0.3, 0.4) is 0 Å². The molecule has 0 aliphatic carbocycles. The average molecular weight is 501 g/mol. The van der Waals surface area contributed by atoms with Crippen molar-refractivity contribution in [1.82, 2.24) is 15.1 Å². The summed E-state index contributed by atoms with van der Waals surface area (Å²) in [6.07, 6.45) is 0.0595. The predicted octanol–water partition coefficient (Wildman–Crippen LogP) is 1.68. The molecule has 4 atom stereocenters. The minimum atomic E-state index is -1.16. The number of rotatable bonds is 9. The normalized spacial score (nSPS) is 21.1. The van der Waals surface area contributed by atoms with E-state index in [1.165, 1.54) is 9.80 Å². The van der Waals surface area contributed by atoms with Crippen molar-refractivity contribution in [3.63, 3.8) is 0 Å². The summed E-state index contributed by atoms with van der Waals surface area (Å²) in [5, 5.41) is 13.2. The minimum Gasteiger partial charge on any atom is -0.383 e. The lowest BCUT2D eigenvalue weighted by Crippen LogP contribution is -2.53. The number of likely N-dealkylation sites (tertiary alicyclic amines) is 2. The molecule has 9 heteroatoms. The van der Waals surface area contributed by atoms with Crippen LogP contribution in [0.1, 0.15) is 57.3 Å². The Kier molecular flexibility index (Phi) is 8.76. The Labute approximate surface area is 213 Å². The number of nitrogens with one attached hydrogen (secondary N) is 1. The maximum atomic E-state index is 13.6. The van der Waals surface area contributed by atoms with Crippen molar-refractivity contribution in [3.8, 4) is 0 Å². The molecule has 0 saturated carbocycles. The lowest BCUT2D eigenvalue weighted by atomic mass is 10.0. The largest absolute Gasteiger partial charge is 0.383 e. The van der Waals surface area contributed by atoms with Crippen LogP contribution >= 0.6 is 0 Å². The van der Waals surface area contributed by atoms with Gasteiger partial charge in [-0.05, 0) is 55.4 Å². The van der Waals surface area contributed by atoms with E-state index in [0.717, 1.165) is 5.69 Å². The number of anilines is 1. The molecule has 2 heterocycles. The number of Topliss-reactive ketones (excluding diaryl/α,β-unsaturated/α-hetero) is 1. The number of aliphatic hydroxyl groups excluding tert-OH is 1. The van der Waals surface area contributed by atoms with Crippen LogP contribution in [0.2, 0.25) is 0 Å². The molecule has 36 heavy (non-hydrogen) atoms. The number of carbonyl (C=O) groups excluding carboxylic acids is 4. The smallest absolute Gasteiger partial charge is 0.252 e. The zero-order chi connectivity index (χ0) is 26.7. The number of carbonyl (C=O) groups is 4. The first-order chi connectivity index (χ1) is 16.9. The van der Waals surface area contributed by atoms with Crippen molar-refractivity contribution in [2.24, 2.45) is 11.8 Å². The fourth-order valence-electron chi connectivity index (χ4n) is 5.14. The molecular weight excluding hydrogens is 460 g/mol. The van der Waals surface area contributed by atoms with Gasteiger partial charge in [0.1, 0.15) is 18.2 Å². The second-order valence-electron chi connectivity index (χ2n) is 11.0. The standard InChI is InChI=1S/C27H40N4O5/c1-16(2)13-20(28-25(34)18-7-9-19(10-8-18)29(5)6)26(35)30-12-11-21-24(30)23(33)15-31(21)27(36)22(32)14-17(3)4/h7-10,16-17,20-22,24,32H,11-15H2,1-6H3,(H,28,34)/t20?,21-,22+,24+/m1/s1. The van der Waals surface area contributed by atoms with Gasteiger partial charge >= 0.3 is 0 Å². The highest BCUT2D eigenvalue weighted by Gasteiger charge is 2.52. The van der Waals surface area contributed by atoms with E-state index in [1.54, 1.807) is 12.1 Å². The van der Waals surface area contributed by atoms with Gasteiger partial charge in [-0.25, -0.2) is 0 Å². The van der Waals surface area contributed by atoms with Gasteiger partial charge in [-0.3, -0.25) is 19.2 Å². The van der Waals surface area contributed by atoms with Crippen molar-refractivity contribution < 1.29 is 24.3 Å². The molecule has 0 aromatic heterocycles. The molecule has 0 spiro atoms. The van der Waals surface area contributed by atoms with Gasteiger partial charge in [-0.2, -0.15) is 0 Å². The van der Waals surface area contributed by atoms with Crippen LogP contribution in [-0.2, 0) is 14.4 Å². The number of benzene rings is 1. The molecule has 3 amide bonds. The fourth-order valence-corrected chi connectivity index (χ4v) is 5.14. The zero-order valence-corrected chi connectivity index (χ0v) is 22.2. The molecule has 3 rings (SSSR count). The van der Waals surface area contributed by atoms with E-state index in [9.17, 15) is 24.3 Å². The predicted molar refractivity (Wildman–Crippen MR) is 138 cm³/mol. The first-order valence-corrected chi connectivity index (χ1v) is 12.8. The van der Waals surface area contributed by atoms with Gasteiger partial charge in [-0.15, -0.1) is 0 Å². The Morgan fingerprint density at radius 2 is 1.61 bits per heavy atom. The van der Waals surface area contributed by atoms with Crippen LogP contribution in [0.15, 0.2) is 24.3 Å². The maximum absolute atomic E-state index is 13.6. The number of hydrogen-bond acceptors (Lipinski definition) is 6. The third kappa shape index (κ3) is 6.06. The Bertz CT molecular complexity index is 975. The third-order valence-corrected chi connectivity index (χ3v) is 6.92. The number of fused-ring (bicyclic) bond motifs is 1. The molecule has 9 nitrogen and oxygen atoms in total.